The van der Waals surface area contributed by atoms with Gasteiger partial charge in [0.2, 0.25) is 5.91 Å². The first-order chi connectivity index (χ1) is 8.40. The van der Waals surface area contributed by atoms with Crippen LogP contribution in [0.4, 0.5) is 0 Å². The van der Waals surface area contributed by atoms with Crippen molar-refractivity contribution in [3.05, 3.63) is 0 Å². The molecule has 1 aliphatic rings. The van der Waals surface area contributed by atoms with Gasteiger partial charge in [-0.2, -0.15) is 0 Å². The van der Waals surface area contributed by atoms with Gasteiger partial charge in [-0.15, -0.1) is 0 Å². The van der Waals surface area contributed by atoms with Gasteiger partial charge in [-0.3, -0.25) is 9.69 Å². The van der Waals surface area contributed by atoms with E-state index in [9.17, 15) is 9.59 Å². The molecule has 0 bridgehead atoms. The lowest BCUT2D eigenvalue weighted by atomic mass is 10.0. The second-order valence-electron chi connectivity index (χ2n) is 5.55. The summed E-state index contributed by atoms with van der Waals surface area (Å²) < 4.78 is 0. The third-order valence-electron chi connectivity index (χ3n) is 3.38. The molecule has 1 heterocycles. The Morgan fingerprint density at radius 1 is 1.44 bits per heavy atom. The zero-order valence-electron chi connectivity index (χ0n) is 11.5. The summed E-state index contributed by atoms with van der Waals surface area (Å²) in [6.07, 6.45) is 2.70. The van der Waals surface area contributed by atoms with Gasteiger partial charge in [-0.1, -0.05) is 13.8 Å². The molecule has 5 heteroatoms. The van der Waals surface area contributed by atoms with Crippen LogP contribution in [-0.2, 0) is 9.59 Å². The molecule has 0 radical (unpaired) electrons. The Hall–Kier alpha value is -1.10. The zero-order valence-corrected chi connectivity index (χ0v) is 11.5. The molecule has 2 N–H and O–H groups in total. The van der Waals surface area contributed by atoms with Crippen LogP contribution in [0.2, 0.25) is 0 Å². The van der Waals surface area contributed by atoms with E-state index in [0.717, 1.165) is 19.4 Å². The number of carboxylic acid groups (broad SMARTS) is 1. The fraction of sp³-hybridized carbons (Fsp3) is 0.846. The number of amides is 1. The number of carbonyl (C=O) groups excluding carboxylic acids is 1. The van der Waals surface area contributed by atoms with Crippen LogP contribution in [0.15, 0.2) is 0 Å². The molecule has 0 unspecified atom stereocenters. The van der Waals surface area contributed by atoms with Crippen molar-refractivity contribution >= 4 is 11.9 Å². The lowest BCUT2D eigenvalue weighted by Crippen LogP contribution is -2.46. The van der Waals surface area contributed by atoms with Crippen molar-refractivity contribution in [2.75, 3.05) is 13.1 Å². The number of carbonyl (C=O) groups is 2. The average molecular weight is 256 g/mol. The molecule has 0 aliphatic carbocycles. The first-order valence-electron chi connectivity index (χ1n) is 6.66. The van der Waals surface area contributed by atoms with Gasteiger partial charge in [0.1, 0.15) is 6.04 Å². The lowest BCUT2D eigenvalue weighted by molar-refractivity contribution is -0.142. The molecule has 0 spiro atoms. The van der Waals surface area contributed by atoms with Gasteiger partial charge in [0.25, 0.3) is 0 Å². The van der Waals surface area contributed by atoms with E-state index in [1.165, 1.54) is 0 Å². The fourth-order valence-electron chi connectivity index (χ4n) is 2.34. The molecule has 5 nitrogen and oxygen atoms in total. The third-order valence-corrected chi connectivity index (χ3v) is 3.38. The lowest BCUT2D eigenvalue weighted by Gasteiger charge is -2.22. The normalized spacial score (nSPS) is 22.1. The highest BCUT2D eigenvalue weighted by Crippen LogP contribution is 2.15. The first kappa shape index (κ1) is 15.0. The summed E-state index contributed by atoms with van der Waals surface area (Å²) in [5.41, 5.74) is 0. The standard InChI is InChI=1S/C13H24N2O3/c1-9(2)7-11(13(17)18)14-12(16)8-15-6-4-5-10(15)3/h9-11H,4-8H2,1-3H3,(H,14,16)(H,17,18)/t10-,11+/m0/s1. The van der Waals surface area contributed by atoms with Crippen LogP contribution >= 0.6 is 0 Å². The zero-order chi connectivity index (χ0) is 13.7. The molecule has 1 rings (SSSR count). The number of hydrogen-bond acceptors (Lipinski definition) is 3. The molecular formula is C13H24N2O3. The Morgan fingerprint density at radius 2 is 2.11 bits per heavy atom. The van der Waals surface area contributed by atoms with Crippen molar-refractivity contribution in [1.82, 2.24) is 10.2 Å². The number of carboxylic acids is 1. The van der Waals surface area contributed by atoms with Gasteiger partial charge in [-0.05, 0) is 38.6 Å². The SMILES string of the molecule is CC(C)C[C@@H](NC(=O)CN1CCC[C@@H]1C)C(=O)O. The quantitative estimate of drug-likeness (QED) is 0.746. The van der Waals surface area contributed by atoms with Crippen molar-refractivity contribution in [3.63, 3.8) is 0 Å². The van der Waals surface area contributed by atoms with E-state index in [1.54, 1.807) is 0 Å². The van der Waals surface area contributed by atoms with E-state index in [4.69, 9.17) is 5.11 Å². The summed E-state index contributed by atoms with van der Waals surface area (Å²) in [7, 11) is 0. The van der Waals surface area contributed by atoms with Crippen molar-refractivity contribution in [1.29, 1.82) is 0 Å². The van der Waals surface area contributed by atoms with Gasteiger partial charge < -0.3 is 10.4 Å². The van der Waals surface area contributed by atoms with Crippen molar-refractivity contribution < 1.29 is 14.7 Å². The summed E-state index contributed by atoms with van der Waals surface area (Å²) in [6, 6.07) is -0.348. The number of likely N-dealkylation sites (tertiary alicyclic amines) is 1. The molecule has 0 saturated carbocycles. The van der Waals surface area contributed by atoms with E-state index in [-0.39, 0.29) is 11.8 Å². The van der Waals surface area contributed by atoms with Crippen LogP contribution in [-0.4, -0.2) is 47.1 Å². The Labute approximate surface area is 109 Å². The first-order valence-corrected chi connectivity index (χ1v) is 6.66. The minimum absolute atomic E-state index is 0.184. The summed E-state index contributed by atoms with van der Waals surface area (Å²) in [4.78, 5) is 25.0. The maximum absolute atomic E-state index is 11.8. The van der Waals surface area contributed by atoms with Gasteiger partial charge in [0.05, 0.1) is 6.54 Å². The number of aliphatic carboxylic acids is 1. The second-order valence-corrected chi connectivity index (χ2v) is 5.55. The Morgan fingerprint density at radius 3 is 2.56 bits per heavy atom. The summed E-state index contributed by atoms with van der Waals surface area (Å²) in [5, 5.41) is 11.7. The fourth-order valence-corrected chi connectivity index (χ4v) is 2.34. The number of hydrogen-bond donors (Lipinski definition) is 2. The number of rotatable bonds is 6. The predicted octanol–water partition coefficient (Wildman–Crippen LogP) is 1.09. The number of nitrogens with one attached hydrogen (secondary N) is 1. The van der Waals surface area contributed by atoms with Crippen molar-refractivity contribution in [2.45, 2.75) is 52.1 Å². The monoisotopic (exact) mass is 256 g/mol. The van der Waals surface area contributed by atoms with E-state index in [2.05, 4.69) is 17.1 Å². The minimum atomic E-state index is -0.952. The Balaban J connectivity index is 2.43. The van der Waals surface area contributed by atoms with Crippen LogP contribution in [0.5, 0.6) is 0 Å². The van der Waals surface area contributed by atoms with E-state index in [0.29, 0.717) is 19.0 Å². The van der Waals surface area contributed by atoms with E-state index in [1.807, 2.05) is 13.8 Å². The summed E-state index contributed by atoms with van der Waals surface area (Å²) in [5.74, 6) is -0.888. The van der Waals surface area contributed by atoms with Crippen molar-refractivity contribution in [3.8, 4) is 0 Å². The molecule has 1 fully saturated rings. The summed E-state index contributed by atoms with van der Waals surface area (Å²) in [6.45, 7) is 7.23. The maximum atomic E-state index is 11.8. The Bertz CT molecular complexity index is 305. The molecular weight excluding hydrogens is 232 g/mol. The molecule has 104 valence electrons. The molecule has 0 aromatic heterocycles. The molecule has 1 aliphatic heterocycles. The maximum Gasteiger partial charge on any atom is 0.326 e. The van der Waals surface area contributed by atoms with Crippen LogP contribution < -0.4 is 5.32 Å². The van der Waals surface area contributed by atoms with Gasteiger partial charge in [-0.25, -0.2) is 4.79 Å². The van der Waals surface area contributed by atoms with Crippen LogP contribution in [0.3, 0.4) is 0 Å². The smallest absolute Gasteiger partial charge is 0.326 e. The molecule has 2 atom stereocenters. The number of nitrogens with zero attached hydrogens (tertiary/aromatic N) is 1. The third kappa shape index (κ3) is 4.64. The van der Waals surface area contributed by atoms with Crippen LogP contribution in [0.25, 0.3) is 0 Å². The van der Waals surface area contributed by atoms with Gasteiger partial charge in [0.15, 0.2) is 0 Å². The van der Waals surface area contributed by atoms with E-state index >= 15 is 0 Å². The molecule has 18 heavy (non-hydrogen) atoms. The second kappa shape index (κ2) is 6.73. The Kier molecular flexibility index (Phi) is 5.59. The largest absolute Gasteiger partial charge is 0.480 e. The molecule has 1 amide bonds. The van der Waals surface area contributed by atoms with Crippen molar-refractivity contribution in [2.24, 2.45) is 5.92 Å². The highest BCUT2D eigenvalue weighted by Gasteiger charge is 2.25. The highest BCUT2D eigenvalue weighted by molar-refractivity contribution is 5.84. The van der Waals surface area contributed by atoms with Gasteiger partial charge in [0, 0.05) is 6.04 Å². The molecule has 0 aromatic carbocycles. The molecule has 0 aromatic rings. The topological polar surface area (TPSA) is 69.6 Å². The highest BCUT2D eigenvalue weighted by atomic mass is 16.4. The molecule has 1 saturated heterocycles. The van der Waals surface area contributed by atoms with Crippen LogP contribution in [0, 0.1) is 5.92 Å². The van der Waals surface area contributed by atoms with Crippen LogP contribution in [0.1, 0.15) is 40.0 Å². The predicted molar refractivity (Wildman–Crippen MR) is 69.3 cm³/mol. The average Bonchev–Trinajstić information content (AvgIpc) is 2.62. The summed E-state index contributed by atoms with van der Waals surface area (Å²) >= 11 is 0. The van der Waals surface area contributed by atoms with Gasteiger partial charge >= 0.3 is 5.97 Å². The minimum Gasteiger partial charge on any atom is -0.480 e. The van der Waals surface area contributed by atoms with E-state index < -0.39 is 12.0 Å².